The molecule has 0 unspecified atom stereocenters. The molecule has 3 rings (SSSR count). The summed E-state index contributed by atoms with van der Waals surface area (Å²) in [6.07, 6.45) is 1.95. The minimum Gasteiger partial charge on any atom is -0.465 e. The van der Waals surface area contributed by atoms with Gasteiger partial charge < -0.3 is 19.3 Å². The van der Waals surface area contributed by atoms with E-state index in [2.05, 4.69) is 58.6 Å². The summed E-state index contributed by atoms with van der Waals surface area (Å²) in [5.74, 6) is -1.42. The van der Waals surface area contributed by atoms with Gasteiger partial charge in [0.1, 0.15) is 0 Å². The van der Waals surface area contributed by atoms with Gasteiger partial charge in [-0.25, -0.2) is 9.59 Å². The lowest BCUT2D eigenvalue weighted by atomic mass is 9.81. The van der Waals surface area contributed by atoms with Crippen LogP contribution in [0, 0.1) is 5.41 Å². The molecular weight excluding hydrogens is 508 g/mol. The predicted octanol–water partition coefficient (Wildman–Crippen LogP) is 5.30. The van der Waals surface area contributed by atoms with E-state index in [4.69, 9.17) is 9.47 Å². The number of allylic oxidation sites excluding steroid dienone is 2. The highest BCUT2D eigenvalue weighted by atomic mass is 79.9. The van der Waals surface area contributed by atoms with E-state index in [1.807, 2.05) is 48.5 Å². The zero-order valence-electron chi connectivity index (χ0n) is 21.0. The molecule has 0 atom stereocenters. The van der Waals surface area contributed by atoms with Crippen molar-refractivity contribution in [1.29, 1.82) is 0 Å². The Labute approximate surface area is 216 Å². The molecule has 1 saturated heterocycles. The summed E-state index contributed by atoms with van der Waals surface area (Å²) in [6.45, 7) is 9.09. The molecule has 6 nitrogen and oxygen atoms in total. The van der Waals surface area contributed by atoms with Crippen LogP contribution in [0.5, 0.6) is 0 Å². The Bertz CT molecular complexity index is 1080. The number of piperazine rings is 1. The van der Waals surface area contributed by atoms with Gasteiger partial charge in [-0.3, -0.25) is 0 Å². The fourth-order valence-electron chi connectivity index (χ4n) is 4.16. The van der Waals surface area contributed by atoms with Crippen LogP contribution in [0.2, 0.25) is 0 Å². The average molecular weight is 541 g/mol. The van der Waals surface area contributed by atoms with E-state index >= 15 is 0 Å². The van der Waals surface area contributed by atoms with Crippen LogP contribution >= 0.6 is 15.9 Å². The number of nitrogens with zero attached hydrogens (tertiary/aromatic N) is 2. The monoisotopic (exact) mass is 540 g/mol. The molecule has 0 amide bonds. The zero-order chi connectivity index (χ0) is 25.6. The third-order valence-electron chi connectivity index (χ3n) is 6.02. The number of hydrogen-bond acceptors (Lipinski definition) is 6. The maximum Gasteiger partial charge on any atom is 0.347 e. The highest BCUT2D eigenvalue weighted by Crippen LogP contribution is 2.36. The second-order valence-corrected chi connectivity index (χ2v) is 10.3. The number of methoxy groups -OCH3 is 2. The van der Waals surface area contributed by atoms with E-state index in [0.717, 1.165) is 34.4 Å². The van der Waals surface area contributed by atoms with Gasteiger partial charge >= 0.3 is 11.9 Å². The van der Waals surface area contributed by atoms with E-state index in [0.29, 0.717) is 18.8 Å². The topological polar surface area (TPSA) is 59.1 Å². The fraction of sp³-hybridized carbons (Fsp3) is 0.357. The first-order chi connectivity index (χ1) is 16.7. The van der Waals surface area contributed by atoms with Crippen molar-refractivity contribution in [1.82, 2.24) is 4.90 Å². The van der Waals surface area contributed by atoms with Crippen molar-refractivity contribution in [2.24, 2.45) is 5.41 Å². The second-order valence-electron chi connectivity index (χ2n) is 9.37. The van der Waals surface area contributed by atoms with Crippen LogP contribution in [-0.2, 0) is 19.1 Å². The third-order valence-corrected chi connectivity index (χ3v) is 6.55. The van der Waals surface area contributed by atoms with E-state index < -0.39 is 11.9 Å². The van der Waals surface area contributed by atoms with Crippen LogP contribution in [0.15, 0.2) is 76.4 Å². The maximum absolute atomic E-state index is 12.8. The summed E-state index contributed by atoms with van der Waals surface area (Å²) in [5.41, 5.74) is 3.35. The molecule has 2 aromatic rings. The molecule has 1 aliphatic rings. The molecule has 1 aliphatic heterocycles. The zero-order valence-corrected chi connectivity index (χ0v) is 22.6. The lowest BCUT2D eigenvalue weighted by Crippen LogP contribution is -2.46. The summed E-state index contributed by atoms with van der Waals surface area (Å²) in [5, 5.41) is 0. The van der Waals surface area contributed by atoms with Crippen molar-refractivity contribution >= 4 is 39.1 Å². The molecule has 7 heteroatoms. The van der Waals surface area contributed by atoms with Gasteiger partial charge in [0.25, 0.3) is 0 Å². The first-order valence-electron chi connectivity index (χ1n) is 11.6. The number of benzene rings is 2. The van der Waals surface area contributed by atoms with Crippen LogP contribution in [0.3, 0.4) is 0 Å². The molecule has 0 aromatic heterocycles. The first kappa shape index (κ1) is 26.5. The Kier molecular flexibility index (Phi) is 8.78. The number of carbonyl (C=O) groups excluding carboxylic acids is 2. The Morgan fingerprint density at radius 2 is 1.40 bits per heavy atom. The van der Waals surface area contributed by atoms with Gasteiger partial charge in [-0.15, -0.1) is 0 Å². The van der Waals surface area contributed by atoms with Crippen molar-refractivity contribution in [3.63, 3.8) is 0 Å². The molecule has 0 N–H and O–H groups in total. The van der Waals surface area contributed by atoms with E-state index in [1.165, 1.54) is 14.2 Å². The Morgan fingerprint density at radius 1 is 0.857 bits per heavy atom. The van der Waals surface area contributed by atoms with E-state index in [-0.39, 0.29) is 11.0 Å². The summed E-state index contributed by atoms with van der Waals surface area (Å²) in [6, 6.07) is 18.2. The number of anilines is 1. The summed E-state index contributed by atoms with van der Waals surface area (Å²) in [4.78, 5) is 30.0. The lowest BCUT2D eigenvalue weighted by molar-refractivity contribution is -0.144. The SMILES string of the molecule is COC(=O)C(C(=O)OC)=C(/C=C(/c1ccccc1)C(C)(C)C)N1CCN(c2ccc(Br)cc2)CC1. The van der Waals surface area contributed by atoms with Crippen LogP contribution in [0.25, 0.3) is 5.57 Å². The van der Waals surface area contributed by atoms with Gasteiger partial charge in [-0.2, -0.15) is 0 Å². The van der Waals surface area contributed by atoms with Crippen LogP contribution in [0.1, 0.15) is 26.3 Å². The number of hydrogen-bond donors (Lipinski definition) is 0. The summed E-state index contributed by atoms with van der Waals surface area (Å²) < 4.78 is 11.1. The van der Waals surface area contributed by atoms with E-state index in [9.17, 15) is 9.59 Å². The molecule has 0 bridgehead atoms. The second kappa shape index (κ2) is 11.6. The average Bonchev–Trinajstić information content (AvgIpc) is 2.86. The van der Waals surface area contributed by atoms with Gasteiger partial charge in [0.05, 0.1) is 19.9 Å². The highest BCUT2D eigenvalue weighted by Gasteiger charge is 2.31. The van der Waals surface area contributed by atoms with Gasteiger partial charge in [-0.05, 0) is 46.9 Å². The van der Waals surface area contributed by atoms with Crippen molar-refractivity contribution in [3.05, 3.63) is 82.0 Å². The van der Waals surface area contributed by atoms with Crippen molar-refractivity contribution in [2.45, 2.75) is 20.8 Å². The van der Waals surface area contributed by atoms with Gasteiger partial charge in [0.15, 0.2) is 5.57 Å². The van der Waals surface area contributed by atoms with Crippen molar-refractivity contribution in [2.75, 3.05) is 45.3 Å². The fourth-order valence-corrected chi connectivity index (χ4v) is 4.43. The molecule has 0 radical (unpaired) electrons. The molecule has 35 heavy (non-hydrogen) atoms. The van der Waals surface area contributed by atoms with Crippen LogP contribution in [-0.4, -0.2) is 57.2 Å². The Balaban J connectivity index is 2.08. The number of rotatable bonds is 6. The minimum atomic E-state index is -0.709. The molecule has 0 aliphatic carbocycles. The number of ether oxygens (including phenoxy) is 2. The quantitative estimate of drug-likeness (QED) is 0.163. The minimum absolute atomic E-state index is 0.0928. The summed E-state index contributed by atoms with van der Waals surface area (Å²) in [7, 11) is 2.56. The predicted molar refractivity (Wildman–Crippen MR) is 143 cm³/mol. The Hall–Kier alpha value is -3.06. The maximum atomic E-state index is 12.8. The third kappa shape index (κ3) is 6.54. The molecule has 0 spiro atoms. The smallest absolute Gasteiger partial charge is 0.347 e. The van der Waals surface area contributed by atoms with Crippen LogP contribution in [0.4, 0.5) is 5.69 Å². The number of carbonyl (C=O) groups is 2. The normalized spacial score (nSPS) is 14.4. The Morgan fingerprint density at radius 3 is 1.89 bits per heavy atom. The first-order valence-corrected chi connectivity index (χ1v) is 12.4. The van der Waals surface area contributed by atoms with Crippen molar-refractivity contribution in [3.8, 4) is 0 Å². The molecule has 1 heterocycles. The van der Waals surface area contributed by atoms with Gasteiger partial charge in [-0.1, -0.05) is 67.0 Å². The van der Waals surface area contributed by atoms with Crippen molar-refractivity contribution < 1.29 is 19.1 Å². The molecule has 0 saturated carbocycles. The molecule has 2 aromatic carbocycles. The van der Waals surface area contributed by atoms with E-state index in [1.54, 1.807) is 0 Å². The number of esters is 2. The van der Waals surface area contributed by atoms with Gasteiger partial charge in [0, 0.05) is 36.3 Å². The number of halogens is 1. The molecule has 186 valence electrons. The summed E-state index contributed by atoms with van der Waals surface area (Å²) >= 11 is 3.49. The molecular formula is C28H33BrN2O4. The molecule has 1 fully saturated rings. The highest BCUT2D eigenvalue weighted by molar-refractivity contribution is 9.10. The lowest BCUT2D eigenvalue weighted by Gasteiger charge is -2.39. The largest absolute Gasteiger partial charge is 0.465 e. The standard InChI is InChI=1S/C28H33BrN2O4/c1-28(2,3)23(20-9-7-6-8-10-20)19-24(25(26(32)34-4)27(33)35-5)31-17-15-30(16-18-31)22-13-11-21(29)12-14-22/h6-14,19H,15-18H2,1-5H3/b23-19-. The van der Waals surface area contributed by atoms with Crippen LogP contribution < -0.4 is 4.90 Å². The van der Waals surface area contributed by atoms with Gasteiger partial charge in [0.2, 0.25) is 0 Å².